The van der Waals surface area contributed by atoms with E-state index in [2.05, 4.69) is 10.00 Å². The smallest absolute Gasteiger partial charge is 0.269 e. The molecule has 7 heteroatoms. The van der Waals surface area contributed by atoms with E-state index in [4.69, 9.17) is 16.3 Å². The molecule has 0 unspecified atom stereocenters. The molecule has 1 aromatic carbocycles. The Labute approximate surface area is 152 Å². The van der Waals surface area contributed by atoms with E-state index >= 15 is 0 Å². The van der Waals surface area contributed by atoms with Gasteiger partial charge in [0.1, 0.15) is 0 Å². The topological polar surface area (TPSA) is 47.4 Å². The normalized spacial score (nSPS) is 15.1. The quantitative estimate of drug-likeness (QED) is 0.830. The van der Waals surface area contributed by atoms with E-state index in [1.54, 1.807) is 4.68 Å². The van der Waals surface area contributed by atoms with Gasteiger partial charge < -0.3 is 4.74 Å². The van der Waals surface area contributed by atoms with E-state index in [1.165, 1.54) is 0 Å². The molecule has 0 spiro atoms. The van der Waals surface area contributed by atoms with Crippen molar-refractivity contribution in [3.05, 3.63) is 51.3 Å². The minimum Gasteiger partial charge on any atom is -0.379 e. The van der Waals surface area contributed by atoms with Crippen LogP contribution in [0.2, 0.25) is 5.02 Å². The van der Waals surface area contributed by atoms with Gasteiger partial charge in [0.15, 0.2) is 0 Å². The fourth-order valence-corrected chi connectivity index (χ4v) is 2.77. The van der Waals surface area contributed by atoms with Crippen molar-refractivity contribution < 1.29 is 4.74 Å². The molecular weight excluding hydrogens is 349 g/mol. The number of aromatic nitrogens is 2. The van der Waals surface area contributed by atoms with Gasteiger partial charge in [0.2, 0.25) is 0 Å². The van der Waals surface area contributed by atoms with Gasteiger partial charge in [-0.05, 0) is 25.1 Å². The van der Waals surface area contributed by atoms with Gasteiger partial charge in [-0.25, -0.2) is 4.68 Å². The zero-order valence-corrected chi connectivity index (χ0v) is 15.1. The van der Waals surface area contributed by atoms with E-state index in [-0.39, 0.29) is 18.0 Å². The Morgan fingerprint density at radius 2 is 1.83 bits per heavy atom. The summed E-state index contributed by atoms with van der Waals surface area (Å²) in [5.74, 6) is 0. The molecular formula is C17H21Cl2N3O2. The van der Waals surface area contributed by atoms with Crippen molar-refractivity contribution in [3.8, 4) is 11.3 Å². The molecule has 1 aliphatic heterocycles. The van der Waals surface area contributed by atoms with Crippen LogP contribution >= 0.6 is 24.0 Å². The van der Waals surface area contributed by atoms with E-state index in [9.17, 15) is 4.79 Å². The fraction of sp³-hybridized carbons (Fsp3) is 0.412. The number of aryl methyl sites for hydroxylation is 1. The van der Waals surface area contributed by atoms with Crippen LogP contribution in [0.25, 0.3) is 11.3 Å². The molecule has 1 saturated heterocycles. The maximum atomic E-state index is 12.3. The Morgan fingerprint density at radius 1 is 1.17 bits per heavy atom. The summed E-state index contributed by atoms with van der Waals surface area (Å²) < 4.78 is 6.91. The van der Waals surface area contributed by atoms with Crippen molar-refractivity contribution in [1.82, 2.24) is 14.7 Å². The third-order valence-corrected chi connectivity index (χ3v) is 4.28. The van der Waals surface area contributed by atoms with Crippen molar-refractivity contribution >= 4 is 24.0 Å². The monoisotopic (exact) mass is 369 g/mol. The maximum Gasteiger partial charge on any atom is 0.269 e. The van der Waals surface area contributed by atoms with E-state index in [0.29, 0.717) is 17.1 Å². The van der Waals surface area contributed by atoms with Crippen molar-refractivity contribution in [1.29, 1.82) is 0 Å². The van der Waals surface area contributed by atoms with Crippen molar-refractivity contribution in [2.24, 2.45) is 0 Å². The summed E-state index contributed by atoms with van der Waals surface area (Å²) >= 11 is 5.93. The van der Waals surface area contributed by atoms with Gasteiger partial charge in [0, 0.05) is 35.8 Å². The van der Waals surface area contributed by atoms with Crippen LogP contribution in [0.4, 0.5) is 0 Å². The molecule has 0 atom stereocenters. The Kier molecular flexibility index (Phi) is 6.80. The molecule has 1 aliphatic rings. The van der Waals surface area contributed by atoms with Gasteiger partial charge in [-0.3, -0.25) is 9.69 Å². The summed E-state index contributed by atoms with van der Waals surface area (Å²) in [6, 6.07) is 9.33. The van der Waals surface area contributed by atoms with Crippen molar-refractivity contribution in [3.63, 3.8) is 0 Å². The predicted molar refractivity (Wildman–Crippen MR) is 98.2 cm³/mol. The lowest BCUT2D eigenvalue weighted by Crippen LogP contribution is -2.40. The summed E-state index contributed by atoms with van der Waals surface area (Å²) in [6.07, 6.45) is 0. The van der Waals surface area contributed by atoms with Gasteiger partial charge in [0.25, 0.3) is 5.56 Å². The molecule has 1 fully saturated rings. The van der Waals surface area contributed by atoms with Crippen LogP contribution < -0.4 is 5.56 Å². The second-order valence-electron chi connectivity index (χ2n) is 5.70. The molecule has 0 N–H and O–H groups in total. The van der Waals surface area contributed by atoms with Crippen LogP contribution in [0.3, 0.4) is 0 Å². The number of nitrogens with zero attached hydrogens (tertiary/aromatic N) is 3. The van der Waals surface area contributed by atoms with E-state index < -0.39 is 0 Å². The number of rotatable bonds is 4. The highest BCUT2D eigenvalue weighted by atomic mass is 35.5. The summed E-state index contributed by atoms with van der Waals surface area (Å²) in [5.41, 5.74) is 2.42. The number of hydrogen-bond donors (Lipinski definition) is 0. The Morgan fingerprint density at radius 3 is 2.50 bits per heavy atom. The summed E-state index contributed by atoms with van der Waals surface area (Å²) in [5, 5.41) is 5.21. The molecule has 0 amide bonds. The highest BCUT2D eigenvalue weighted by Gasteiger charge is 2.12. The average Bonchev–Trinajstić information content (AvgIpc) is 2.58. The van der Waals surface area contributed by atoms with Crippen LogP contribution in [0.1, 0.15) is 5.56 Å². The molecule has 1 aromatic heterocycles. The minimum atomic E-state index is -0.0315. The molecule has 130 valence electrons. The number of ether oxygens (including phenoxy) is 1. The molecule has 0 radical (unpaired) electrons. The van der Waals surface area contributed by atoms with Gasteiger partial charge in [-0.2, -0.15) is 5.10 Å². The van der Waals surface area contributed by atoms with Gasteiger partial charge in [-0.15, -0.1) is 12.4 Å². The Hall–Kier alpha value is -1.40. The SMILES string of the molecule is Cc1cc(-c2ccc(Cl)cc2)nn(CCN2CCOCC2)c1=O.Cl. The molecule has 0 saturated carbocycles. The number of morpholine rings is 1. The molecule has 2 aromatic rings. The first kappa shape index (κ1) is 18.9. The molecule has 2 heterocycles. The first-order chi connectivity index (χ1) is 11.1. The molecule has 0 aliphatic carbocycles. The summed E-state index contributed by atoms with van der Waals surface area (Å²) in [7, 11) is 0. The fourth-order valence-electron chi connectivity index (χ4n) is 2.65. The first-order valence-electron chi connectivity index (χ1n) is 7.78. The first-order valence-corrected chi connectivity index (χ1v) is 8.16. The van der Waals surface area contributed by atoms with Crippen LogP contribution in [-0.4, -0.2) is 47.5 Å². The van der Waals surface area contributed by atoms with Gasteiger partial charge >= 0.3 is 0 Å². The zero-order chi connectivity index (χ0) is 16.2. The highest BCUT2D eigenvalue weighted by Crippen LogP contribution is 2.19. The average molecular weight is 370 g/mol. The second-order valence-corrected chi connectivity index (χ2v) is 6.14. The molecule has 24 heavy (non-hydrogen) atoms. The number of benzene rings is 1. The standard InChI is InChI=1S/C17H20ClN3O2.ClH/c1-13-12-16(14-2-4-15(18)5-3-14)19-21(17(13)22)7-6-20-8-10-23-11-9-20;/h2-5,12H,6-11H2,1H3;1H. The van der Waals surface area contributed by atoms with Crippen LogP contribution in [0, 0.1) is 6.92 Å². The highest BCUT2D eigenvalue weighted by molar-refractivity contribution is 6.30. The zero-order valence-electron chi connectivity index (χ0n) is 13.6. The Bertz CT molecular complexity index is 726. The Balaban J connectivity index is 0.00000208. The lowest BCUT2D eigenvalue weighted by molar-refractivity contribution is 0.0358. The van der Waals surface area contributed by atoms with Gasteiger partial charge in [0.05, 0.1) is 25.5 Å². The maximum absolute atomic E-state index is 12.3. The second kappa shape index (κ2) is 8.62. The van der Waals surface area contributed by atoms with Crippen LogP contribution in [-0.2, 0) is 11.3 Å². The summed E-state index contributed by atoms with van der Waals surface area (Å²) in [4.78, 5) is 14.6. The molecule has 3 rings (SSSR count). The van der Waals surface area contributed by atoms with Crippen molar-refractivity contribution in [2.45, 2.75) is 13.5 Å². The number of hydrogen-bond acceptors (Lipinski definition) is 4. The van der Waals surface area contributed by atoms with Crippen LogP contribution in [0.15, 0.2) is 35.1 Å². The third-order valence-electron chi connectivity index (χ3n) is 4.03. The third kappa shape index (κ3) is 4.57. The number of halogens is 2. The lowest BCUT2D eigenvalue weighted by Gasteiger charge is -2.26. The van der Waals surface area contributed by atoms with E-state index in [1.807, 2.05) is 37.3 Å². The molecule has 0 bridgehead atoms. The van der Waals surface area contributed by atoms with Crippen molar-refractivity contribution in [2.75, 3.05) is 32.8 Å². The van der Waals surface area contributed by atoms with Gasteiger partial charge in [-0.1, -0.05) is 23.7 Å². The molecule has 5 nitrogen and oxygen atoms in total. The lowest BCUT2D eigenvalue weighted by atomic mass is 10.1. The minimum absolute atomic E-state index is 0. The largest absolute Gasteiger partial charge is 0.379 e. The summed E-state index contributed by atoms with van der Waals surface area (Å²) in [6.45, 7) is 6.54. The predicted octanol–water partition coefficient (Wildman–Crippen LogP) is 2.63. The van der Waals surface area contributed by atoms with Crippen LogP contribution in [0.5, 0.6) is 0 Å². The van der Waals surface area contributed by atoms with E-state index in [0.717, 1.165) is 44.1 Å².